The third-order valence-electron chi connectivity index (χ3n) is 12.3. The van der Waals surface area contributed by atoms with E-state index in [9.17, 15) is 25.1 Å². The number of ether oxygens (including phenoxy) is 6. The van der Waals surface area contributed by atoms with Crippen molar-refractivity contribution >= 4 is 24.2 Å². The molecule has 14 nitrogen and oxygen atoms in total. The van der Waals surface area contributed by atoms with Crippen LogP contribution >= 0.6 is 11.8 Å². The Morgan fingerprint density at radius 3 is 2.57 bits per heavy atom. The van der Waals surface area contributed by atoms with E-state index in [1.807, 2.05) is 33.0 Å². The van der Waals surface area contributed by atoms with Gasteiger partial charge in [0.15, 0.2) is 34.5 Å². The van der Waals surface area contributed by atoms with Gasteiger partial charge in [-0.15, -0.1) is 11.8 Å². The lowest BCUT2D eigenvalue weighted by Crippen LogP contribution is -2.69. The molecule has 3 aromatic carbocycles. The highest BCUT2D eigenvalue weighted by atomic mass is 32.2. The fourth-order valence-electron chi connectivity index (χ4n) is 10.0. The van der Waals surface area contributed by atoms with Crippen LogP contribution in [-0.4, -0.2) is 97.5 Å². The van der Waals surface area contributed by atoms with E-state index in [0.717, 1.165) is 22.3 Å². The molecule has 0 spiro atoms. The average molecular weight is 787 g/mol. The average Bonchev–Trinajstić information content (AvgIpc) is 3.65. The van der Waals surface area contributed by atoms with Gasteiger partial charge in [-0.2, -0.15) is 5.26 Å². The van der Waals surface area contributed by atoms with Gasteiger partial charge < -0.3 is 44.0 Å². The van der Waals surface area contributed by atoms with Gasteiger partial charge in [0.25, 0.3) is 6.47 Å². The first-order valence-electron chi connectivity index (χ1n) is 18.6. The van der Waals surface area contributed by atoms with Gasteiger partial charge in [-0.1, -0.05) is 6.07 Å². The Bertz CT molecular complexity index is 2180. The normalized spacial score (nSPS) is 27.2. The summed E-state index contributed by atoms with van der Waals surface area (Å²) in [6.45, 7) is 8.04. The molecule has 0 aromatic heterocycles. The summed E-state index contributed by atoms with van der Waals surface area (Å²) in [5.74, 6) is 2.00. The lowest BCUT2D eigenvalue weighted by Gasteiger charge is -2.61. The molecule has 1 saturated heterocycles. The zero-order valence-electron chi connectivity index (χ0n) is 32.4. The van der Waals surface area contributed by atoms with Crippen LogP contribution in [0.3, 0.4) is 0 Å². The van der Waals surface area contributed by atoms with Gasteiger partial charge in [-0.25, -0.2) is 0 Å². The number of rotatable bonds is 9. The number of nitrogens with one attached hydrogen (secondary N) is 1. The topological polar surface area (TPSA) is 172 Å². The van der Waals surface area contributed by atoms with Gasteiger partial charge in [0.05, 0.1) is 43.2 Å². The fraction of sp³-hybridized carbons (Fsp3) is 0.488. The SMILES string of the molecule is COc1cc2c(cc1O)CCN[C@]2(C)CS[C@@H]1c2c(OC(C)=O)c(C)c3c(c2[C@H](COC=O)N2C1C1c4c(cc(C)c(OC)c4O)CC([C@@H]2C#N)N1C)OCO3. The number of likely N-dealkylation sites (N-methyl/N-ethyl adjacent to an activating group) is 1. The smallest absolute Gasteiger partial charge is 0.308 e. The molecule has 0 amide bonds. The van der Waals surface area contributed by atoms with Crippen LogP contribution in [-0.2, 0) is 32.7 Å². The van der Waals surface area contributed by atoms with Gasteiger partial charge >= 0.3 is 5.97 Å². The summed E-state index contributed by atoms with van der Waals surface area (Å²) in [7, 11) is 5.04. The van der Waals surface area contributed by atoms with Crippen LogP contribution in [0.4, 0.5) is 0 Å². The van der Waals surface area contributed by atoms with Gasteiger partial charge in [0.2, 0.25) is 6.79 Å². The molecule has 5 aliphatic heterocycles. The minimum Gasteiger partial charge on any atom is -0.504 e. The van der Waals surface area contributed by atoms with Crippen molar-refractivity contribution in [3.05, 3.63) is 62.7 Å². The Morgan fingerprint density at radius 2 is 1.88 bits per heavy atom. The van der Waals surface area contributed by atoms with E-state index in [4.69, 9.17) is 28.4 Å². The predicted octanol–water partition coefficient (Wildman–Crippen LogP) is 4.62. The molecule has 3 aromatic rings. The molecule has 7 atom stereocenters. The zero-order valence-corrected chi connectivity index (χ0v) is 33.2. The number of carbonyl (C=O) groups excluding carboxylic acids is 2. The van der Waals surface area contributed by atoms with Crippen molar-refractivity contribution < 1.29 is 48.2 Å². The first-order chi connectivity index (χ1) is 26.9. The number of esters is 1. The number of phenols is 2. The van der Waals surface area contributed by atoms with E-state index < -0.39 is 40.9 Å². The van der Waals surface area contributed by atoms with Gasteiger partial charge in [-0.05, 0) is 75.0 Å². The number of benzene rings is 3. The number of methoxy groups -OCH3 is 2. The Morgan fingerprint density at radius 1 is 1.11 bits per heavy atom. The van der Waals surface area contributed by atoms with Gasteiger partial charge in [0.1, 0.15) is 18.4 Å². The number of nitrogens with zero attached hydrogens (tertiary/aromatic N) is 3. The molecule has 5 heterocycles. The first kappa shape index (κ1) is 38.0. The van der Waals surface area contributed by atoms with E-state index in [0.29, 0.717) is 82.6 Å². The van der Waals surface area contributed by atoms with Crippen molar-refractivity contribution in [1.82, 2.24) is 15.1 Å². The second kappa shape index (κ2) is 14.3. The molecular formula is C41H46N4O10S. The molecule has 2 bridgehead atoms. The number of thioether (sulfide) groups is 1. The maximum absolute atomic E-state index is 13.0. The number of aryl methyl sites for hydroxylation is 1. The first-order valence-corrected chi connectivity index (χ1v) is 19.7. The number of fused-ring (bicyclic) bond motifs is 10. The van der Waals surface area contributed by atoms with Crippen molar-refractivity contribution in [2.24, 2.45) is 0 Å². The fourth-order valence-corrected chi connectivity index (χ4v) is 11.7. The molecule has 0 radical (unpaired) electrons. The monoisotopic (exact) mass is 786 g/mol. The van der Waals surface area contributed by atoms with Crippen LogP contribution in [0.5, 0.6) is 40.2 Å². The largest absolute Gasteiger partial charge is 0.504 e. The number of carbonyl (C=O) groups is 2. The number of hydrogen-bond donors (Lipinski definition) is 3. The van der Waals surface area contributed by atoms with Gasteiger partial charge in [-0.3, -0.25) is 19.4 Å². The second-order valence-electron chi connectivity index (χ2n) is 15.3. The summed E-state index contributed by atoms with van der Waals surface area (Å²) in [5, 5.41) is 37.2. The Kier molecular flexibility index (Phi) is 9.67. The molecule has 8 rings (SSSR count). The maximum atomic E-state index is 13.0. The number of piperazine rings is 1. The van der Waals surface area contributed by atoms with E-state index in [1.165, 1.54) is 21.1 Å². The van der Waals surface area contributed by atoms with Crippen molar-refractivity contribution in [3.8, 4) is 46.3 Å². The van der Waals surface area contributed by atoms with Crippen LogP contribution in [0.2, 0.25) is 0 Å². The quantitative estimate of drug-likeness (QED) is 0.156. The lowest BCUT2D eigenvalue weighted by molar-refractivity contribution is -0.134. The molecule has 296 valence electrons. The standard InChI is InChI=1S/C41H46N4O10S/c1-19-10-23-11-25-26(14-42)45-27(15-52-17-46)31-32(37(55-21(3)47)20(2)38-39(31)54-18-53-38)40(34(45)33(44(25)5)30(23)35(49)36(19)51-7)56-16-41(4)24-13-29(50-6)28(48)12-22(24)8-9-43-41/h10,12-13,17,25-27,33-34,40,43,48-49H,8-9,11,15-16,18H2,1-7H3/t25?,26-,27-,33?,34?,40+,41+/m0/s1. The molecular weight excluding hydrogens is 741 g/mol. The second-order valence-corrected chi connectivity index (χ2v) is 16.5. The van der Waals surface area contributed by atoms with Crippen LogP contribution in [0.15, 0.2) is 18.2 Å². The number of phenolic OH excluding ortho intramolecular Hbond substituents is 2. The molecule has 5 aliphatic rings. The Hall–Kier alpha value is -4.88. The minimum atomic E-state index is -0.724. The molecule has 1 fully saturated rings. The van der Waals surface area contributed by atoms with Gasteiger partial charge in [0, 0.05) is 53.6 Å². The van der Waals surface area contributed by atoms with E-state index in [2.05, 4.69) is 28.1 Å². The summed E-state index contributed by atoms with van der Waals surface area (Å²) in [6, 6.07) is 5.52. The van der Waals surface area contributed by atoms with E-state index in [-0.39, 0.29) is 30.9 Å². The maximum Gasteiger partial charge on any atom is 0.308 e. The summed E-state index contributed by atoms with van der Waals surface area (Å²) in [5.41, 5.74) is 5.63. The molecule has 0 saturated carbocycles. The minimum absolute atomic E-state index is 0.0345. The molecule has 56 heavy (non-hydrogen) atoms. The highest BCUT2D eigenvalue weighted by Crippen LogP contribution is 2.64. The van der Waals surface area contributed by atoms with Crippen molar-refractivity contribution in [2.75, 3.05) is 47.0 Å². The molecule has 0 aliphatic carbocycles. The molecule has 3 N–H and O–H groups in total. The summed E-state index contributed by atoms with van der Waals surface area (Å²) < 4.78 is 35.3. The summed E-state index contributed by atoms with van der Waals surface area (Å²) in [4.78, 5) is 29.2. The number of hydrogen-bond acceptors (Lipinski definition) is 15. The van der Waals surface area contributed by atoms with E-state index in [1.54, 1.807) is 17.8 Å². The van der Waals surface area contributed by atoms with E-state index >= 15 is 0 Å². The predicted molar refractivity (Wildman–Crippen MR) is 205 cm³/mol. The van der Waals surface area contributed by atoms with Crippen LogP contribution in [0.25, 0.3) is 0 Å². The molecule has 3 unspecified atom stereocenters. The van der Waals surface area contributed by atoms with Crippen LogP contribution in [0, 0.1) is 25.2 Å². The number of aromatic hydroxyl groups is 2. The molecule has 15 heteroatoms. The van der Waals surface area contributed by atoms with Crippen LogP contribution in [0.1, 0.15) is 75.7 Å². The zero-order chi connectivity index (χ0) is 39.8. The third kappa shape index (κ3) is 5.63. The summed E-state index contributed by atoms with van der Waals surface area (Å²) >= 11 is 1.63. The highest BCUT2D eigenvalue weighted by Gasteiger charge is 2.60. The lowest BCUT2D eigenvalue weighted by atomic mass is 9.71. The van der Waals surface area contributed by atoms with Crippen molar-refractivity contribution in [3.63, 3.8) is 0 Å². The summed E-state index contributed by atoms with van der Waals surface area (Å²) in [6.07, 6.45) is 1.19. The third-order valence-corrected chi connectivity index (χ3v) is 13.9. The van der Waals surface area contributed by atoms with Crippen molar-refractivity contribution in [2.45, 2.75) is 81.5 Å². The van der Waals surface area contributed by atoms with Crippen molar-refractivity contribution in [1.29, 1.82) is 5.26 Å². The Labute approximate surface area is 329 Å². The highest BCUT2D eigenvalue weighted by molar-refractivity contribution is 7.99. The van der Waals surface area contributed by atoms with Crippen LogP contribution < -0.4 is 29.0 Å². The number of nitriles is 1. The Balaban J connectivity index is 1.40.